The second kappa shape index (κ2) is 8.04. The maximum atomic E-state index is 12.7. The molecule has 0 aliphatic rings. The minimum Gasteiger partial charge on any atom is -0.326 e. The van der Waals surface area contributed by atoms with Crippen LogP contribution in [0.2, 0.25) is 0 Å². The highest BCUT2D eigenvalue weighted by Crippen LogP contribution is 2.15. The topological polar surface area (TPSA) is 56.0 Å². The van der Waals surface area contributed by atoms with E-state index in [1.165, 1.54) is 5.56 Å². The predicted molar refractivity (Wildman–Crippen MR) is 106 cm³/mol. The molecule has 5 nitrogen and oxygen atoms in total. The number of aromatic nitrogens is 2. The molecule has 1 amide bonds. The molecule has 3 aromatic rings. The number of carbonyl (C=O) groups is 1. The summed E-state index contributed by atoms with van der Waals surface area (Å²) in [7, 11) is 0. The third-order valence-electron chi connectivity index (χ3n) is 4.55. The first-order valence-electron chi connectivity index (χ1n) is 9.21. The fourth-order valence-corrected chi connectivity index (χ4v) is 3.23. The van der Waals surface area contributed by atoms with Crippen molar-refractivity contribution in [2.75, 3.05) is 5.32 Å². The summed E-state index contributed by atoms with van der Waals surface area (Å²) in [6.07, 6.45) is 2.08. The molecule has 2 aromatic carbocycles. The smallest absolute Gasteiger partial charge is 0.326 e. The molecule has 0 aliphatic carbocycles. The van der Waals surface area contributed by atoms with Crippen LogP contribution in [-0.2, 0) is 24.3 Å². The zero-order valence-electron chi connectivity index (χ0n) is 15.4. The number of hydrogen-bond donors (Lipinski definition) is 1. The number of benzene rings is 2. The second-order valence-corrected chi connectivity index (χ2v) is 6.43. The number of nitrogens with zero attached hydrogens (tertiary/aromatic N) is 2. The minimum atomic E-state index is -0.0857. The van der Waals surface area contributed by atoms with Crippen molar-refractivity contribution in [3.63, 3.8) is 0 Å². The highest BCUT2D eigenvalue weighted by molar-refractivity contribution is 5.90. The highest BCUT2D eigenvalue weighted by atomic mass is 16.2. The normalized spacial score (nSPS) is 11.0. The molecule has 136 valence electrons. The molecule has 0 aliphatic heterocycles. The van der Waals surface area contributed by atoms with Crippen LogP contribution in [0.15, 0.2) is 53.3 Å². The lowest BCUT2D eigenvalue weighted by Gasteiger charge is -2.07. The van der Waals surface area contributed by atoms with Crippen LogP contribution in [0.25, 0.3) is 11.0 Å². The fourth-order valence-electron chi connectivity index (χ4n) is 3.23. The Hall–Kier alpha value is -2.82. The summed E-state index contributed by atoms with van der Waals surface area (Å²) in [4.78, 5) is 25.1. The van der Waals surface area contributed by atoms with Gasteiger partial charge in [-0.1, -0.05) is 38.1 Å². The van der Waals surface area contributed by atoms with Crippen LogP contribution >= 0.6 is 0 Å². The van der Waals surface area contributed by atoms with Crippen LogP contribution in [0.1, 0.15) is 32.3 Å². The molecule has 1 N–H and O–H groups in total. The Morgan fingerprint density at radius 3 is 2.31 bits per heavy atom. The summed E-state index contributed by atoms with van der Waals surface area (Å²) in [6, 6.07) is 15.6. The molecule has 0 radical (unpaired) electrons. The van der Waals surface area contributed by atoms with Gasteiger partial charge in [0.25, 0.3) is 0 Å². The minimum absolute atomic E-state index is 0.0474. The van der Waals surface area contributed by atoms with E-state index in [0.717, 1.165) is 29.6 Å². The molecule has 1 heterocycles. The number of carbonyl (C=O) groups excluding carboxylic acids is 1. The van der Waals surface area contributed by atoms with Crippen molar-refractivity contribution in [1.29, 1.82) is 0 Å². The van der Waals surface area contributed by atoms with Gasteiger partial charge in [0.1, 0.15) is 0 Å². The molecule has 0 spiro atoms. The molecule has 0 unspecified atom stereocenters. The Bertz CT molecular complexity index is 969. The summed E-state index contributed by atoms with van der Waals surface area (Å²) >= 11 is 0. The Morgan fingerprint density at radius 2 is 1.65 bits per heavy atom. The highest BCUT2D eigenvalue weighted by Gasteiger charge is 2.13. The van der Waals surface area contributed by atoms with E-state index in [1.807, 2.05) is 48.5 Å². The molecule has 3 rings (SSSR count). The lowest BCUT2D eigenvalue weighted by Crippen LogP contribution is -2.26. The van der Waals surface area contributed by atoms with Crippen molar-refractivity contribution >= 4 is 22.6 Å². The van der Waals surface area contributed by atoms with E-state index >= 15 is 0 Å². The van der Waals surface area contributed by atoms with Crippen LogP contribution in [0.5, 0.6) is 0 Å². The van der Waals surface area contributed by atoms with E-state index in [0.29, 0.717) is 13.1 Å². The molecule has 0 bridgehead atoms. The molecule has 1 aromatic heterocycles. The maximum absolute atomic E-state index is 12.7. The number of hydrogen-bond acceptors (Lipinski definition) is 2. The Balaban J connectivity index is 1.76. The van der Waals surface area contributed by atoms with Gasteiger partial charge in [0.2, 0.25) is 5.91 Å². The first-order valence-corrected chi connectivity index (χ1v) is 9.21. The van der Waals surface area contributed by atoms with Crippen LogP contribution in [0, 0.1) is 0 Å². The Morgan fingerprint density at radius 1 is 0.962 bits per heavy atom. The van der Waals surface area contributed by atoms with Gasteiger partial charge in [-0.05, 0) is 42.7 Å². The van der Waals surface area contributed by atoms with Gasteiger partial charge < -0.3 is 5.32 Å². The van der Waals surface area contributed by atoms with Gasteiger partial charge in [0, 0.05) is 25.2 Å². The fraction of sp³-hybridized carbons (Fsp3) is 0.333. The van der Waals surface area contributed by atoms with Gasteiger partial charge in [0.15, 0.2) is 0 Å². The number of para-hydroxylation sites is 2. The van der Waals surface area contributed by atoms with E-state index in [1.54, 1.807) is 9.13 Å². The van der Waals surface area contributed by atoms with E-state index in [4.69, 9.17) is 0 Å². The molecule has 0 saturated heterocycles. The van der Waals surface area contributed by atoms with Gasteiger partial charge in [-0.3, -0.25) is 13.9 Å². The Labute approximate surface area is 153 Å². The second-order valence-electron chi connectivity index (χ2n) is 6.43. The summed E-state index contributed by atoms with van der Waals surface area (Å²) in [5.74, 6) is -0.0857. The number of imidazole rings is 1. The van der Waals surface area contributed by atoms with Crippen LogP contribution in [0.4, 0.5) is 5.69 Å². The molecule has 26 heavy (non-hydrogen) atoms. The van der Waals surface area contributed by atoms with E-state index in [-0.39, 0.29) is 18.0 Å². The maximum Gasteiger partial charge on any atom is 0.329 e. The largest absolute Gasteiger partial charge is 0.329 e. The van der Waals surface area contributed by atoms with Crippen LogP contribution in [-0.4, -0.2) is 15.0 Å². The summed E-state index contributed by atoms with van der Waals surface area (Å²) in [5, 5.41) is 2.93. The third kappa shape index (κ3) is 3.72. The molecular formula is C21H25N3O2. The molecule has 0 fully saturated rings. The third-order valence-corrected chi connectivity index (χ3v) is 4.55. The van der Waals surface area contributed by atoms with Crippen LogP contribution < -0.4 is 11.0 Å². The number of aryl methyl sites for hydroxylation is 3. The number of rotatable bonds is 7. The van der Waals surface area contributed by atoms with Crippen molar-refractivity contribution in [2.45, 2.75) is 46.2 Å². The van der Waals surface area contributed by atoms with Gasteiger partial charge in [-0.15, -0.1) is 0 Å². The lowest BCUT2D eigenvalue weighted by atomic mass is 10.1. The van der Waals surface area contributed by atoms with Crippen LogP contribution in [0.3, 0.4) is 0 Å². The van der Waals surface area contributed by atoms with Crippen molar-refractivity contribution in [1.82, 2.24) is 9.13 Å². The van der Waals surface area contributed by atoms with E-state index in [2.05, 4.69) is 19.2 Å². The predicted octanol–water partition coefficient (Wildman–Crippen LogP) is 3.80. The van der Waals surface area contributed by atoms with Gasteiger partial charge >= 0.3 is 5.69 Å². The summed E-state index contributed by atoms with van der Waals surface area (Å²) < 4.78 is 3.49. The molecule has 5 heteroatoms. The van der Waals surface area contributed by atoms with Crippen molar-refractivity contribution < 1.29 is 4.79 Å². The van der Waals surface area contributed by atoms with Crippen molar-refractivity contribution in [2.24, 2.45) is 0 Å². The summed E-state index contributed by atoms with van der Waals surface area (Å²) in [6.45, 7) is 5.19. The molecule has 0 atom stereocenters. The quantitative estimate of drug-likeness (QED) is 0.704. The number of anilines is 1. The zero-order valence-corrected chi connectivity index (χ0v) is 15.4. The monoisotopic (exact) mass is 351 g/mol. The van der Waals surface area contributed by atoms with E-state index in [9.17, 15) is 9.59 Å². The number of amides is 1. The SMILES string of the molecule is CCCn1c(=O)n(CCC(=O)Nc2cccc(CC)c2)c2ccccc21. The summed E-state index contributed by atoms with van der Waals surface area (Å²) in [5.41, 5.74) is 3.74. The lowest BCUT2D eigenvalue weighted by molar-refractivity contribution is -0.116. The first-order chi connectivity index (χ1) is 12.6. The van der Waals surface area contributed by atoms with Crippen molar-refractivity contribution in [3.05, 3.63) is 64.6 Å². The van der Waals surface area contributed by atoms with Gasteiger partial charge in [0.05, 0.1) is 11.0 Å². The number of fused-ring (bicyclic) bond motifs is 1. The zero-order chi connectivity index (χ0) is 18.5. The average Bonchev–Trinajstić information content (AvgIpc) is 2.92. The molecule has 0 saturated carbocycles. The Kier molecular flexibility index (Phi) is 5.56. The standard InChI is InChI=1S/C21H25N3O2/c1-3-13-23-18-10-5-6-11-19(18)24(21(23)26)14-12-20(25)22-17-9-7-8-16(4-2)15-17/h5-11,15H,3-4,12-14H2,1-2H3,(H,22,25). The average molecular weight is 351 g/mol. The van der Waals surface area contributed by atoms with Gasteiger partial charge in [-0.25, -0.2) is 4.79 Å². The first kappa shape index (κ1) is 18.0. The van der Waals surface area contributed by atoms with Crippen molar-refractivity contribution in [3.8, 4) is 0 Å². The van der Waals surface area contributed by atoms with Gasteiger partial charge in [-0.2, -0.15) is 0 Å². The van der Waals surface area contributed by atoms with E-state index < -0.39 is 0 Å². The number of nitrogens with one attached hydrogen (secondary N) is 1. The molecular weight excluding hydrogens is 326 g/mol.